The number of carbonyl (C=O) groups excluding carboxylic acids is 3. The molecule has 18 nitrogen and oxygen atoms in total. The molecule has 1 atom stereocenters. The first-order valence-corrected chi connectivity index (χ1v) is 28.3. The number of piperidine rings is 4. The maximum Gasteiger partial charge on any atom is 0.255 e. The van der Waals surface area contributed by atoms with Crippen LogP contribution in [0.3, 0.4) is 0 Å². The molecule has 0 saturated carbocycles. The number of hydrogen-bond acceptors (Lipinski definition) is 15. The number of rotatable bonds is 12. The van der Waals surface area contributed by atoms with Crippen molar-refractivity contribution < 1.29 is 23.7 Å². The summed E-state index contributed by atoms with van der Waals surface area (Å²) in [6.07, 6.45) is 16.2. The highest BCUT2D eigenvalue weighted by molar-refractivity contribution is 7.71. The van der Waals surface area contributed by atoms with Crippen LogP contribution in [0.5, 0.6) is 5.75 Å². The molecule has 1 unspecified atom stereocenters. The highest BCUT2D eigenvalue weighted by Gasteiger charge is 2.41. The number of likely N-dealkylation sites (tertiary alicyclic amines) is 1. The molecule has 6 aromatic rings. The molecule has 0 aliphatic carbocycles. The molecule has 0 radical (unpaired) electrons. The maximum absolute atomic E-state index is 13.6. The fourth-order valence-electron chi connectivity index (χ4n) is 11.7. The third-order valence-electron chi connectivity index (χ3n) is 15.8. The number of benzene rings is 3. The quantitative estimate of drug-likeness (QED) is 0.0801. The van der Waals surface area contributed by atoms with E-state index < -0.39 is 13.2 Å². The average Bonchev–Trinajstić information content (AvgIpc) is 3.97. The molecule has 3 aromatic carbocycles. The van der Waals surface area contributed by atoms with E-state index in [1.54, 1.807) is 37.7 Å². The van der Waals surface area contributed by atoms with E-state index in [9.17, 15) is 18.9 Å². The lowest BCUT2D eigenvalue weighted by Crippen LogP contribution is -2.52. The average molecular weight is 1030 g/mol. The standard InChI is InChI=1S/C53H61ClN13O5P/c1-63-31-35(28-58-63)38-26-42(60-52-57-29-39(54)49(62-52)59-41-8-7-40-47(56-18-17-55-40)48(41)73(3,4)71)45(72-2)27-44(38)66-23-15-53(16-24-66)13-21-64(22-14-53)30-33-11-19-65(20-12-33)36-5-6-37-34(25-36)32-67(51(37)70)43-9-10-46(68)61-50(43)69/h5-8,17-18,25-29,31,33,43H,9-16,19-24,30,32H2,1-4H3,(H,61,68,69)(H2,57,59,60,62). The molecular weight excluding hydrogens is 965 g/mol. The van der Waals surface area contributed by atoms with Crippen LogP contribution in [-0.2, 0) is 27.7 Å². The Labute approximate surface area is 429 Å². The van der Waals surface area contributed by atoms with E-state index in [-0.39, 0.29) is 24.1 Å². The number of nitrogens with one attached hydrogen (secondary N) is 3. The van der Waals surface area contributed by atoms with E-state index in [0.717, 1.165) is 99.6 Å². The van der Waals surface area contributed by atoms with Gasteiger partial charge >= 0.3 is 0 Å². The van der Waals surface area contributed by atoms with E-state index in [4.69, 9.17) is 21.3 Å². The summed E-state index contributed by atoms with van der Waals surface area (Å²) in [6.45, 7) is 11.0. The van der Waals surface area contributed by atoms with Crippen LogP contribution in [0.4, 0.5) is 34.5 Å². The van der Waals surface area contributed by atoms with Gasteiger partial charge in [-0.15, -0.1) is 0 Å². The predicted molar refractivity (Wildman–Crippen MR) is 284 cm³/mol. The summed E-state index contributed by atoms with van der Waals surface area (Å²) in [5.41, 5.74) is 8.62. The van der Waals surface area contributed by atoms with Crippen LogP contribution in [0.1, 0.15) is 67.3 Å². The third kappa shape index (κ3) is 9.84. The Balaban J connectivity index is 0.716. The Morgan fingerprint density at radius 2 is 1.62 bits per heavy atom. The minimum absolute atomic E-state index is 0.131. The molecule has 5 aliphatic rings. The second kappa shape index (κ2) is 19.7. The van der Waals surface area contributed by atoms with Gasteiger partial charge in [-0.3, -0.25) is 34.4 Å². The van der Waals surface area contributed by atoms with Gasteiger partial charge in [0.2, 0.25) is 17.8 Å². The zero-order valence-corrected chi connectivity index (χ0v) is 43.4. The fraction of sp³-hybridized carbons (Fsp3) is 0.434. The highest BCUT2D eigenvalue weighted by Crippen LogP contribution is 2.47. The fourth-order valence-corrected chi connectivity index (χ4v) is 13.3. The second-order valence-electron chi connectivity index (χ2n) is 20.8. The minimum atomic E-state index is -2.83. The van der Waals surface area contributed by atoms with E-state index in [2.05, 4.69) is 75.0 Å². The maximum atomic E-state index is 13.6. The molecule has 5 aliphatic heterocycles. The van der Waals surface area contributed by atoms with Crippen LogP contribution in [0.2, 0.25) is 5.02 Å². The normalized spacial score (nSPS) is 19.7. The minimum Gasteiger partial charge on any atom is -0.494 e. The molecule has 0 bridgehead atoms. The van der Waals surface area contributed by atoms with Crippen LogP contribution in [0, 0.1) is 11.3 Å². The lowest BCUT2D eigenvalue weighted by molar-refractivity contribution is -0.136. The number of aromatic nitrogens is 6. The van der Waals surface area contributed by atoms with E-state index in [0.29, 0.717) is 80.1 Å². The molecule has 11 rings (SSSR count). The molecule has 3 aromatic heterocycles. The van der Waals surface area contributed by atoms with Gasteiger partial charge in [0, 0.05) is 105 Å². The number of ether oxygens (including phenoxy) is 1. The van der Waals surface area contributed by atoms with Crippen molar-refractivity contribution in [2.75, 3.05) is 86.7 Å². The number of anilines is 6. The number of aryl methyl sites for hydroxylation is 1. The first kappa shape index (κ1) is 48.6. The molecule has 73 heavy (non-hydrogen) atoms. The largest absolute Gasteiger partial charge is 0.494 e. The van der Waals surface area contributed by atoms with Gasteiger partial charge in [0.15, 0.2) is 5.82 Å². The van der Waals surface area contributed by atoms with Gasteiger partial charge in [-0.05, 0) is 125 Å². The number of methoxy groups -OCH3 is 1. The van der Waals surface area contributed by atoms with Crippen LogP contribution in [-0.4, -0.2) is 130 Å². The van der Waals surface area contributed by atoms with Gasteiger partial charge in [0.25, 0.3) is 5.91 Å². The Hall–Kier alpha value is -6.62. The summed E-state index contributed by atoms with van der Waals surface area (Å²) in [6, 6.07) is 13.3. The zero-order chi connectivity index (χ0) is 50.6. The first-order chi connectivity index (χ1) is 35.2. The monoisotopic (exact) mass is 1030 g/mol. The van der Waals surface area contributed by atoms with Crippen molar-refractivity contribution in [3.63, 3.8) is 0 Å². The summed E-state index contributed by atoms with van der Waals surface area (Å²) in [5.74, 6) is 1.13. The molecule has 20 heteroatoms. The summed E-state index contributed by atoms with van der Waals surface area (Å²) in [7, 11) is 0.762. The third-order valence-corrected chi connectivity index (χ3v) is 17.6. The Bertz CT molecular complexity index is 3170. The highest BCUT2D eigenvalue weighted by atomic mass is 35.5. The zero-order valence-electron chi connectivity index (χ0n) is 41.7. The van der Waals surface area contributed by atoms with Gasteiger partial charge in [-0.2, -0.15) is 10.1 Å². The van der Waals surface area contributed by atoms with E-state index in [1.165, 1.54) is 19.0 Å². The van der Waals surface area contributed by atoms with Crippen LogP contribution in [0.15, 0.2) is 73.4 Å². The number of hydrogen-bond donors (Lipinski definition) is 3. The molecule has 1 spiro atoms. The van der Waals surface area contributed by atoms with Crippen molar-refractivity contribution in [2.45, 2.75) is 64.0 Å². The van der Waals surface area contributed by atoms with Gasteiger partial charge < -0.3 is 39.5 Å². The number of imide groups is 1. The topological polar surface area (TPSA) is 196 Å². The van der Waals surface area contributed by atoms with Crippen molar-refractivity contribution in [1.29, 1.82) is 0 Å². The van der Waals surface area contributed by atoms with Gasteiger partial charge in [-0.25, -0.2) is 4.98 Å². The van der Waals surface area contributed by atoms with E-state index in [1.807, 2.05) is 42.3 Å². The molecule has 4 saturated heterocycles. The van der Waals surface area contributed by atoms with Crippen LogP contribution < -0.4 is 35.8 Å². The molecular formula is C53H61ClN13O5P. The number of fused-ring (bicyclic) bond motifs is 2. The summed E-state index contributed by atoms with van der Waals surface area (Å²) >= 11 is 6.69. The molecule has 8 heterocycles. The second-order valence-corrected chi connectivity index (χ2v) is 24.4. The van der Waals surface area contributed by atoms with Crippen molar-refractivity contribution >= 4 is 87.3 Å². The lowest BCUT2D eigenvalue weighted by Gasteiger charge is -2.48. The Morgan fingerprint density at radius 1 is 0.849 bits per heavy atom. The summed E-state index contributed by atoms with van der Waals surface area (Å²) in [5, 5.41) is 14.5. The van der Waals surface area contributed by atoms with Crippen molar-refractivity contribution in [3.8, 4) is 16.9 Å². The number of nitrogens with zero attached hydrogens (tertiary/aromatic N) is 10. The van der Waals surface area contributed by atoms with Crippen LogP contribution in [0.25, 0.3) is 22.2 Å². The van der Waals surface area contributed by atoms with Gasteiger partial charge in [0.05, 0.1) is 41.7 Å². The van der Waals surface area contributed by atoms with Crippen molar-refractivity contribution in [1.82, 2.24) is 44.8 Å². The predicted octanol–water partition coefficient (Wildman–Crippen LogP) is 7.58. The number of halogens is 1. The van der Waals surface area contributed by atoms with Gasteiger partial charge in [-0.1, -0.05) is 11.6 Å². The van der Waals surface area contributed by atoms with Crippen LogP contribution >= 0.6 is 18.7 Å². The first-order valence-electron chi connectivity index (χ1n) is 25.3. The van der Waals surface area contributed by atoms with Gasteiger partial charge in [0.1, 0.15) is 29.5 Å². The lowest BCUT2D eigenvalue weighted by atomic mass is 9.71. The molecule has 3 N–H and O–H groups in total. The smallest absolute Gasteiger partial charge is 0.255 e. The molecule has 4 fully saturated rings. The number of amides is 3. The molecule has 380 valence electrons. The van der Waals surface area contributed by atoms with E-state index >= 15 is 0 Å². The molecule has 3 amide bonds. The van der Waals surface area contributed by atoms with Crippen molar-refractivity contribution in [3.05, 3.63) is 89.6 Å². The summed E-state index contributed by atoms with van der Waals surface area (Å²) in [4.78, 5) is 65.1. The Kier molecular flexibility index (Phi) is 13.1. The SMILES string of the molecule is COc1cc(N2CCC3(CCN(CC4CCN(c5ccc6c(c5)CN(C5CCC(=O)NC5=O)C6=O)CC4)CC3)CC2)c(-c2cnn(C)c2)cc1Nc1ncc(Cl)c(Nc2ccc3nccnc3c2P(C)(C)=O)n1. The number of carbonyl (C=O) groups is 3. The Morgan fingerprint density at radius 3 is 2.34 bits per heavy atom. The van der Waals surface area contributed by atoms with Crippen molar-refractivity contribution in [2.24, 2.45) is 18.4 Å². The summed E-state index contributed by atoms with van der Waals surface area (Å²) < 4.78 is 21.5.